The van der Waals surface area contributed by atoms with E-state index in [1.54, 1.807) is 0 Å². The van der Waals surface area contributed by atoms with Crippen molar-refractivity contribution in [2.24, 2.45) is 0 Å². The Kier molecular flexibility index (Phi) is 6.95. The topological polar surface area (TPSA) is 24.5 Å². The highest BCUT2D eigenvalue weighted by Crippen LogP contribution is 2.09. The number of piperidine rings is 1. The van der Waals surface area contributed by atoms with Crippen molar-refractivity contribution in [2.75, 3.05) is 39.4 Å². The molecule has 0 spiro atoms. The Morgan fingerprint density at radius 2 is 2.24 bits per heavy atom. The van der Waals surface area contributed by atoms with E-state index < -0.39 is 0 Å². The van der Waals surface area contributed by atoms with E-state index in [0.717, 1.165) is 38.4 Å². The van der Waals surface area contributed by atoms with Crippen LogP contribution in [0.1, 0.15) is 19.8 Å². The monoisotopic (exact) mass is 236 g/mol. The Labute approximate surface area is 105 Å². The third-order valence-electron chi connectivity index (χ3n) is 2.93. The Balaban J connectivity index is 1.99. The predicted octanol–water partition coefficient (Wildman–Crippen LogP) is 1.27. The van der Waals surface area contributed by atoms with Gasteiger partial charge in [0.2, 0.25) is 0 Å². The summed E-state index contributed by atoms with van der Waals surface area (Å²) in [6.45, 7) is 11.1. The number of hydrogen-bond donors (Lipinski definition) is 1. The zero-order valence-corrected chi connectivity index (χ0v) is 10.9. The van der Waals surface area contributed by atoms with E-state index in [4.69, 9.17) is 11.2 Å². The zero-order chi connectivity index (χ0) is 12.5. The average molecular weight is 236 g/mol. The summed E-state index contributed by atoms with van der Waals surface area (Å²) in [7, 11) is 0. The Bertz CT molecular complexity index is 262. The van der Waals surface area contributed by atoms with Gasteiger partial charge in [0.15, 0.2) is 0 Å². The lowest BCUT2D eigenvalue weighted by molar-refractivity contribution is 0.148. The molecule has 0 aromatic heterocycles. The third-order valence-corrected chi connectivity index (χ3v) is 2.93. The molecule has 0 aromatic rings. The summed E-state index contributed by atoms with van der Waals surface area (Å²) < 4.78 is 5.45. The van der Waals surface area contributed by atoms with Crippen LogP contribution in [-0.4, -0.2) is 50.3 Å². The molecule has 1 N–H and O–H groups in total. The van der Waals surface area contributed by atoms with E-state index >= 15 is 0 Å². The van der Waals surface area contributed by atoms with Crippen LogP contribution in [0.15, 0.2) is 12.2 Å². The van der Waals surface area contributed by atoms with Crippen LogP contribution in [0.25, 0.3) is 0 Å². The van der Waals surface area contributed by atoms with E-state index in [1.807, 2.05) is 6.92 Å². The van der Waals surface area contributed by atoms with Gasteiger partial charge in [-0.3, -0.25) is 4.90 Å². The van der Waals surface area contributed by atoms with Gasteiger partial charge in [-0.1, -0.05) is 18.1 Å². The summed E-state index contributed by atoms with van der Waals surface area (Å²) in [5, 5.41) is 3.52. The van der Waals surface area contributed by atoms with Crippen molar-refractivity contribution in [3.8, 4) is 12.3 Å². The molecule has 0 aliphatic carbocycles. The Morgan fingerprint density at radius 3 is 2.82 bits per heavy atom. The minimum Gasteiger partial charge on any atom is -0.376 e. The molecule has 0 atom stereocenters. The first-order valence-corrected chi connectivity index (χ1v) is 6.33. The summed E-state index contributed by atoms with van der Waals surface area (Å²) >= 11 is 0. The van der Waals surface area contributed by atoms with Crippen LogP contribution in [0.2, 0.25) is 0 Å². The smallest absolute Gasteiger partial charge is 0.0672 e. The second-order valence-corrected chi connectivity index (χ2v) is 4.72. The molecule has 0 aromatic carbocycles. The maximum absolute atomic E-state index is 5.45. The molecular formula is C14H24N2O. The Hall–Kier alpha value is -0.820. The van der Waals surface area contributed by atoms with Crippen LogP contribution in [0.3, 0.4) is 0 Å². The molecule has 0 bridgehead atoms. The lowest BCUT2D eigenvalue weighted by atomic mass is 10.1. The molecule has 3 nitrogen and oxygen atoms in total. The molecule has 0 unspecified atom stereocenters. The standard InChI is InChI=1S/C14H24N2O/c1-4-8-16-9-5-14(6-10-16)15-7-11-17-12-13(2)3/h1,14-15H,2,5-12H2,3H3. The normalized spacial score (nSPS) is 17.9. The minimum atomic E-state index is 0.623. The van der Waals surface area contributed by atoms with Gasteiger partial charge in [0, 0.05) is 25.7 Å². The van der Waals surface area contributed by atoms with E-state index in [2.05, 4.69) is 22.7 Å². The maximum atomic E-state index is 5.45. The van der Waals surface area contributed by atoms with Crippen molar-refractivity contribution < 1.29 is 4.74 Å². The van der Waals surface area contributed by atoms with E-state index in [-0.39, 0.29) is 0 Å². The summed E-state index contributed by atoms with van der Waals surface area (Å²) in [5.41, 5.74) is 1.08. The van der Waals surface area contributed by atoms with Crippen LogP contribution >= 0.6 is 0 Å². The zero-order valence-electron chi connectivity index (χ0n) is 10.9. The molecule has 1 fully saturated rings. The number of nitrogens with one attached hydrogen (secondary N) is 1. The minimum absolute atomic E-state index is 0.623. The lowest BCUT2D eigenvalue weighted by Crippen LogP contribution is -2.43. The number of nitrogens with zero attached hydrogens (tertiary/aromatic N) is 1. The highest BCUT2D eigenvalue weighted by Gasteiger charge is 2.17. The molecule has 1 rings (SSSR count). The van der Waals surface area contributed by atoms with E-state index in [9.17, 15) is 0 Å². The van der Waals surface area contributed by atoms with E-state index in [0.29, 0.717) is 12.6 Å². The SMILES string of the molecule is C#CCN1CCC(NCCOCC(=C)C)CC1. The predicted molar refractivity (Wildman–Crippen MR) is 71.9 cm³/mol. The molecule has 1 heterocycles. The van der Waals surface area contributed by atoms with Crippen molar-refractivity contribution in [2.45, 2.75) is 25.8 Å². The summed E-state index contributed by atoms with van der Waals surface area (Å²) in [5.74, 6) is 2.70. The third kappa shape index (κ3) is 6.48. The second kappa shape index (κ2) is 8.30. The fourth-order valence-corrected chi connectivity index (χ4v) is 2.01. The first-order valence-electron chi connectivity index (χ1n) is 6.33. The van der Waals surface area contributed by atoms with Crippen LogP contribution in [0, 0.1) is 12.3 Å². The van der Waals surface area contributed by atoms with Gasteiger partial charge in [0.25, 0.3) is 0 Å². The molecule has 0 saturated carbocycles. The largest absolute Gasteiger partial charge is 0.376 e. The molecule has 0 radical (unpaired) electrons. The molecule has 1 aliphatic rings. The van der Waals surface area contributed by atoms with Crippen molar-refractivity contribution in [3.05, 3.63) is 12.2 Å². The molecule has 96 valence electrons. The van der Waals surface area contributed by atoms with Crippen LogP contribution < -0.4 is 5.32 Å². The molecule has 0 amide bonds. The fraction of sp³-hybridized carbons (Fsp3) is 0.714. The van der Waals surface area contributed by atoms with Crippen molar-refractivity contribution in [1.82, 2.24) is 10.2 Å². The number of hydrogen-bond acceptors (Lipinski definition) is 3. The first kappa shape index (κ1) is 14.2. The number of likely N-dealkylation sites (tertiary alicyclic amines) is 1. The lowest BCUT2D eigenvalue weighted by Gasteiger charge is -2.31. The van der Waals surface area contributed by atoms with Crippen LogP contribution in [0.4, 0.5) is 0 Å². The van der Waals surface area contributed by atoms with Gasteiger partial charge in [0.1, 0.15) is 0 Å². The quantitative estimate of drug-likeness (QED) is 0.409. The summed E-state index contributed by atoms with van der Waals surface area (Å²) in [6.07, 6.45) is 7.67. The summed E-state index contributed by atoms with van der Waals surface area (Å²) in [4.78, 5) is 2.33. The molecule has 1 saturated heterocycles. The first-order chi connectivity index (χ1) is 8.22. The van der Waals surface area contributed by atoms with Gasteiger partial charge in [-0.05, 0) is 19.8 Å². The van der Waals surface area contributed by atoms with Crippen molar-refractivity contribution in [3.63, 3.8) is 0 Å². The molecular weight excluding hydrogens is 212 g/mol. The van der Waals surface area contributed by atoms with Gasteiger partial charge in [-0.25, -0.2) is 0 Å². The molecule has 1 aliphatic heterocycles. The fourth-order valence-electron chi connectivity index (χ4n) is 2.01. The van der Waals surface area contributed by atoms with Gasteiger partial charge in [-0.15, -0.1) is 6.42 Å². The molecule has 17 heavy (non-hydrogen) atoms. The van der Waals surface area contributed by atoms with Gasteiger partial charge >= 0.3 is 0 Å². The summed E-state index contributed by atoms with van der Waals surface area (Å²) in [6, 6.07) is 0.623. The second-order valence-electron chi connectivity index (χ2n) is 4.72. The highest BCUT2D eigenvalue weighted by atomic mass is 16.5. The molecule has 3 heteroatoms. The number of rotatable bonds is 7. The number of terminal acetylenes is 1. The van der Waals surface area contributed by atoms with Gasteiger partial charge in [0.05, 0.1) is 19.8 Å². The van der Waals surface area contributed by atoms with Crippen LogP contribution in [0.5, 0.6) is 0 Å². The van der Waals surface area contributed by atoms with Crippen LogP contribution in [-0.2, 0) is 4.74 Å². The van der Waals surface area contributed by atoms with Crippen molar-refractivity contribution >= 4 is 0 Å². The average Bonchev–Trinajstić information content (AvgIpc) is 2.31. The highest BCUT2D eigenvalue weighted by molar-refractivity contribution is 4.90. The van der Waals surface area contributed by atoms with Gasteiger partial charge < -0.3 is 10.1 Å². The maximum Gasteiger partial charge on any atom is 0.0672 e. The Morgan fingerprint density at radius 1 is 1.53 bits per heavy atom. The van der Waals surface area contributed by atoms with Gasteiger partial charge in [-0.2, -0.15) is 0 Å². The van der Waals surface area contributed by atoms with Crippen molar-refractivity contribution in [1.29, 1.82) is 0 Å². The van der Waals surface area contributed by atoms with E-state index in [1.165, 1.54) is 12.8 Å². The number of ether oxygens (including phenoxy) is 1.